The Morgan fingerprint density at radius 2 is 1.92 bits per heavy atom. The van der Waals surface area contributed by atoms with Crippen molar-refractivity contribution < 1.29 is 28.6 Å². The van der Waals surface area contributed by atoms with E-state index in [1.54, 1.807) is 6.07 Å². The molecule has 0 aromatic heterocycles. The quantitative estimate of drug-likeness (QED) is 0.310. The third-order valence-corrected chi connectivity index (χ3v) is 7.34. The maximum atomic E-state index is 12.5. The molecule has 0 radical (unpaired) electrons. The molecule has 7 nitrogen and oxygen atoms in total. The monoisotopic (exact) mass is 521 g/mol. The van der Waals surface area contributed by atoms with Crippen LogP contribution in [0.3, 0.4) is 0 Å². The van der Waals surface area contributed by atoms with Crippen molar-refractivity contribution in [2.45, 2.75) is 79.4 Å². The minimum Gasteiger partial charge on any atom is -0.483 e. The fourth-order valence-electron chi connectivity index (χ4n) is 5.16. The molecule has 4 rings (SSSR count). The first-order valence-corrected chi connectivity index (χ1v) is 12.9. The van der Waals surface area contributed by atoms with Crippen LogP contribution in [0, 0.1) is 29.6 Å². The summed E-state index contributed by atoms with van der Waals surface area (Å²) >= 11 is 0. The summed E-state index contributed by atoms with van der Waals surface area (Å²) in [5.41, 5.74) is 3.42. The van der Waals surface area contributed by atoms with Gasteiger partial charge in [-0.1, -0.05) is 37.6 Å². The SMILES string of the molecule is C#CCC1=C(C)[C@@H](OC(=O)C2C(C=C(C)C)C2(C)C)CC1=O.CNC(=O)Oc1cccc2c1OC(C)(C)C2. The lowest BCUT2D eigenvalue weighted by Gasteiger charge is -2.17. The highest BCUT2D eigenvalue weighted by Crippen LogP contribution is 2.60. The van der Waals surface area contributed by atoms with E-state index < -0.39 is 12.2 Å². The molecule has 204 valence electrons. The second-order valence-corrected chi connectivity index (χ2v) is 11.6. The summed E-state index contributed by atoms with van der Waals surface area (Å²) in [5, 5.41) is 2.41. The van der Waals surface area contributed by atoms with Crippen LogP contribution in [-0.4, -0.2) is 36.6 Å². The van der Waals surface area contributed by atoms with Crippen LogP contribution in [0.1, 0.15) is 66.9 Å². The number of rotatable bonds is 5. The van der Waals surface area contributed by atoms with E-state index >= 15 is 0 Å². The lowest BCUT2D eigenvalue weighted by Crippen LogP contribution is -2.25. The molecule has 0 bridgehead atoms. The van der Waals surface area contributed by atoms with E-state index in [1.807, 2.05) is 46.8 Å². The molecule has 1 saturated carbocycles. The standard InChI is InChI=1S/C19H24O3.C12H15NO3/c1-7-8-13-12(4)16(10-15(13)20)22-18(21)17-14(9-11(2)3)19(17,5)6;1-12(2)7-8-5-4-6-9(10(8)16-12)15-11(14)13-3/h1,9,14,16-17H,8,10H2,2-6H3;4-6H,7H2,1-3H3,(H,13,14)/t14?,16-,17?;/m0./s1. The fourth-order valence-corrected chi connectivity index (χ4v) is 5.16. The third kappa shape index (κ3) is 6.30. The number of terminal acetylenes is 1. The largest absolute Gasteiger partial charge is 0.483 e. The molecule has 2 unspecified atom stereocenters. The van der Waals surface area contributed by atoms with Gasteiger partial charge in [-0.25, -0.2) is 4.79 Å². The van der Waals surface area contributed by atoms with E-state index in [0.29, 0.717) is 23.5 Å². The number of hydrogen-bond donors (Lipinski definition) is 1. The molecule has 1 aliphatic heterocycles. The van der Waals surface area contributed by atoms with Crippen molar-refractivity contribution >= 4 is 17.8 Å². The Morgan fingerprint density at radius 3 is 2.53 bits per heavy atom. The molecular formula is C31H39NO6. The van der Waals surface area contributed by atoms with Crippen molar-refractivity contribution in [2.24, 2.45) is 17.3 Å². The van der Waals surface area contributed by atoms with E-state index in [1.165, 1.54) is 12.6 Å². The Morgan fingerprint density at radius 1 is 1.24 bits per heavy atom. The van der Waals surface area contributed by atoms with Crippen LogP contribution in [0.25, 0.3) is 0 Å². The van der Waals surface area contributed by atoms with Crippen molar-refractivity contribution in [3.8, 4) is 23.8 Å². The molecule has 2 aliphatic carbocycles. The van der Waals surface area contributed by atoms with E-state index in [4.69, 9.17) is 20.6 Å². The van der Waals surface area contributed by atoms with E-state index in [9.17, 15) is 14.4 Å². The lowest BCUT2D eigenvalue weighted by molar-refractivity contribution is -0.150. The molecule has 1 amide bonds. The van der Waals surface area contributed by atoms with Gasteiger partial charge in [0.2, 0.25) is 0 Å². The van der Waals surface area contributed by atoms with Gasteiger partial charge in [0.15, 0.2) is 17.3 Å². The van der Waals surface area contributed by atoms with Crippen molar-refractivity contribution in [3.05, 3.63) is 46.6 Å². The van der Waals surface area contributed by atoms with Gasteiger partial charge < -0.3 is 19.5 Å². The van der Waals surface area contributed by atoms with Crippen LogP contribution in [0.4, 0.5) is 4.79 Å². The van der Waals surface area contributed by atoms with Gasteiger partial charge in [0.05, 0.1) is 12.3 Å². The third-order valence-electron chi connectivity index (χ3n) is 7.34. The van der Waals surface area contributed by atoms with Gasteiger partial charge in [-0.3, -0.25) is 9.59 Å². The van der Waals surface area contributed by atoms with Crippen molar-refractivity contribution in [1.82, 2.24) is 5.32 Å². The van der Waals surface area contributed by atoms with Crippen LogP contribution in [-0.2, 0) is 20.7 Å². The summed E-state index contributed by atoms with van der Waals surface area (Å²) in [4.78, 5) is 35.5. The number of Topliss-reactive ketones (excluding diaryl/α,β-unsaturated/α-hetero) is 1. The van der Waals surface area contributed by atoms with Crippen LogP contribution in [0.2, 0.25) is 0 Å². The molecule has 0 spiro atoms. The summed E-state index contributed by atoms with van der Waals surface area (Å²) < 4.78 is 16.5. The maximum absolute atomic E-state index is 12.5. The minimum absolute atomic E-state index is 0.00385. The number of carbonyl (C=O) groups excluding carboxylic acids is 3. The Balaban J connectivity index is 0.000000221. The number of carbonyl (C=O) groups is 3. The zero-order valence-electron chi connectivity index (χ0n) is 23.7. The van der Waals surface area contributed by atoms with Gasteiger partial charge in [-0.15, -0.1) is 12.3 Å². The van der Waals surface area contributed by atoms with Gasteiger partial charge >= 0.3 is 12.1 Å². The van der Waals surface area contributed by atoms with Crippen LogP contribution in [0.5, 0.6) is 11.5 Å². The first-order valence-electron chi connectivity index (χ1n) is 12.9. The number of hydrogen-bond acceptors (Lipinski definition) is 6. The van der Waals surface area contributed by atoms with Gasteiger partial charge in [0, 0.05) is 31.0 Å². The highest BCUT2D eigenvalue weighted by molar-refractivity contribution is 6.00. The zero-order valence-corrected chi connectivity index (χ0v) is 23.7. The molecule has 1 aromatic rings. The predicted molar refractivity (Wildman–Crippen MR) is 146 cm³/mol. The van der Waals surface area contributed by atoms with Crippen molar-refractivity contribution in [3.63, 3.8) is 0 Å². The van der Waals surface area contributed by atoms with Crippen LogP contribution in [0.15, 0.2) is 41.0 Å². The van der Waals surface area contributed by atoms with E-state index in [0.717, 1.165) is 17.6 Å². The smallest absolute Gasteiger partial charge is 0.412 e. The zero-order chi connectivity index (χ0) is 28.4. The number of ether oxygens (including phenoxy) is 3. The van der Waals surface area contributed by atoms with Gasteiger partial charge in [-0.05, 0) is 57.6 Å². The molecule has 1 heterocycles. The van der Waals surface area contributed by atoms with Crippen molar-refractivity contribution in [1.29, 1.82) is 0 Å². The van der Waals surface area contributed by atoms with E-state index in [-0.39, 0.29) is 41.0 Å². The molecule has 1 fully saturated rings. The van der Waals surface area contributed by atoms with Gasteiger partial charge in [-0.2, -0.15) is 0 Å². The average Bonchev–Trinajstić information content (AvgIpc) is 3.05. The molecule has 1 aromatic carbocycles. The molecule has 1 N–H and O–H groups in total. The Bertz CT molecular complexity index is 1230. The molecule has 7 heteroatoms. The summed E-state index contributed by atoms with van der Waals surface area (Å²) in [5.74, 6) is 3.54. The predicted octanol–water partition coefficient (Wildman–Crippen LogP) is 5.57. The first kappa shape index (κ1) is 29.0. The number of amides is 1. The maximum Gasteiger partial charge on any atom is 0.412 e. The molecular weight excluding hydrogens is 482 g/mol. The Hall–Kier alpha value is -3.53. The number of para-hydroxylation sites is 1. The highest BCUT2D eigenvalue weighted by Gasteiger charge is 2.61. The molecule has 38 heavy (non-hydrogen) atoms. The second kappa shape index (κ2) is 11.1. The fraction of sp³-hybridized carbons (Fsp3) is 0.516. The highest BCUT2D eigenvalue weighted by atomic mass is 16.6. The number of ketones is 1. The van der Waals surface area contributed by atoms with E-state index in [2.05, 4.69) is 31.2 Å². The average molecular weight is 522 g/mol. The molecule has 0 saturated heterocycles. The van der Waals surface area contributed by atoms with Gasteiger partial charge in [0.1, 0.15) is 11.7 Å². The summed E-state index contributed by atoms with van der Waals surface area (Å²) in [7, 11) is 1.52. The Labute approximate surface area is 226 Å². The summed E-state index contributed by atoms with van der Waals surface area (Å²) in [6.45, 7) is 14.1. The number of nitrogens with one attached hydrogen (secondary N) is 1. The summed E-state index contributed by atoms with van der Waals surface area (Å²) in [6, 6.07) is 5.58. The number of esters is 1. The van der Waals surface area contributed by atoms with Gasteiger partial charge in [0.25, 0.3) is 0 Å². The minimum atomic E-state index is -0.485. The molecule has 3 aliphatic rings. The van der Waals surface area contributed by atoms with Crippen LogP contribution < -0.4 is 14.8 Å². The first-order chi connectivity index (χ1) is 17.7. The second-order valence-electron chi connectivity index (χ2n) is 11.6. The normalized spacial score (nSPS) is 23.7. The number of fused-ring (bicyclic) bond motifs is 1. The van der Waals surface area contributed by atoms with Crippen LogP contribution >= 0.6 is 0 Å². The summed E-state index contributed by atoms with van der Waals surface area (Å²) in [6.07, 6.45) is 7.87. The number of allylic oxidation sites excluding steroid dienone is 3. The Kier molecular flexibility index (Phi) is 8.45. The van der Waals surface area contributed by atoms with Crippen molar-refractivity contribution in [2.75, 3.05) is 7.05 Å². The topological polar surface area (TPSA) is 90.9 Å². The lowest BCUT2D eigenvalue weighted by atomic mass is 10.0. The number of benzene rings is 1. The molecule has 3 atom stereocenters.